The zero-order chi connectivity index (χ0) is 19.3. The number of pyridine rings is 1. The number of para-hydroxylation sites is 1. The molecule has 0 atom stereocenters. The van der Waals surface area contributed by atoms with E-state index in [0.717, 1.165) is 34.4 Å². The molecule has 0 aliphatic carbocycles. The van der Waals surface area contributed by atoms with Gasteiger partial charge in [0, 0.05) is 29.4 Å². The molecule has 1 aliphatic heterocycles. The highest BCUT2D eigenvalue weighted by atomic mass is 32.2. The van der Waals surface area contributed by atoms with Crippen molar-refractivity contribution in [2.75, 3.05) is 17.7 Å². The fourth-order valence-electron chi connectivity index (χ4n) is 2.80. The first-order valence-corrected chi connectivity index (χ1v) is 10.9. The Kier molecular flexibility index (Phi) is 5.78. The summed E-state index contributed by atoms with van der Waals surface area (Å²) in [5.74, 6) is 2.82. The van der Waals surface area contributed by atoms with Crippen LogP contribution in [0, 0.1) is 6.92 Å². The summed E-state index contributed by atoms with van der Waals surface area (Å²) < 4.78 is 6.08. The van der Waals surface area contributed by atoms with Crippen LogP contribution in [0.1, 0.15) is 18.5 Å². The molecule has 1 aliphatic rings. The van der Waals surface area contributed by atoms with Crippen LogP contribution in [0.15, 0.2) is 52.9 Å². The van der Waals surface area contributed by atoms with Crippen molar-refractivity contribution in [2.45, 2.75) is 24.7 Å². The number of nitrogens with one attached hydrogen (secondary N) is 1. The van der Waals surface area contributed by atoms with Crippen LogP contribution in [0.4, 0.5) is 10.9 Å². The number of ether oxygens (including phenoxy) is 1. The Bertz CT molecular complexity index is 962. The molecular formula is C20H20N4O2S2. The summed E-state index contributed by atoms with van der Waals surface area (Å²) in [6, 6.07) is 11.6. The Morgan fingerprint density at radius 2 is 2.18 bits per heavy atom. The standard InChI is InChI=1S/C20H20N4O2S2/c1-14-12-27-20(22-14)23-19-17(26-15-6-3-2-4-7-15)10-16(11-21-19)28-13-24-9-5-8-18(24)25/h2-4,6-7,10-12H,5,8-9,13H2,1H3,(H,21,22,23). The fraction of sp³-hybridized carbons (Fsp3) is 0.250. The Balaban J connectivity index is 1.55. The molecule has 0 unspecified atom stereocenters. The number of likely N-dealkylation sites (tertiary alicyclic amines) is 1. The summed E-state index contributed by atoms with van der Waals surface area (Å²) in [5, 5.41) is 6.00. The number of benzene rings is 1. The molecule has 3 aromatic rings. The van der Waals surface area contributed by atoms with Crippen LogP contribution >= 0.6 is 23.1 Å². The Morgan fingerprint density at radius 3 is 2.89 bits per heavy atom. The van der Waals surface area contributed by atoms with Gasteiger partial charge in [0.15, 0.2) is 16.7 Å². The SMILES string of the molecule is Cc1csc(Nc2ncc(SCN3CCCC3=O)cc2Oc2ccccc2)n1. The summed E-state index contributed by atoms with van der Waals surface area (Å²) in [5.41, 5.74) is 0.959. The molecule has 1 amide bonds. The predicted molar refractivity (Wildman–Crippen MR) is 113 cm³/mol. The number of thiazole rings is 1. The van der Waals surface area contributed by atoms with Crippen LogP contribution in [0.2, 0.25) is 0 Å². The molecule has 144 valence electrons. The number of rotatable bonds is 7. The van der Waals surface area contributed by atoms with Crippen LogP contribution in [0.3, 0.4) is 0 Å². The van der Waals surface area contributed by atoms with Gasteiger partial charge in [-0.3, -0.25) is 4.79 Å². The number of anilines is 2. The van der Waals surface area contributed by atoms with Gasteiger partial charge in [-0.2, -0.15) is 0 Å². The first-order chi connectivity index (χ1) is 13.7. The van der Waals surface area contributed by atoms with Gasteiger partial charge in [0.1, 0.15) is 5.75 Å². The lowest BCUT2D eigenvalue weighted by molar-refractivity contribution is -0.126. The van der Waals surface area contributed by atoms with Crippen molar-refractivity contribution >= 4 is 40.0 Å². The molecule has 1 aromatic carbocycles. The number of amides is 1. The average Bonchev–Trinajstić information content (AvgIpc) is 3.30. The minimum atomic E-state index is 0.221. The minimum absolute atomic E-state index is 0.221. The lowest BCUT2D eigenvalue weighted by atomic mass is 10.3. The van der Waals surface area contributed by atoms with E-state index in [9.17, 15) is 4.79 Å². The molecule has 8 heteroatoms. The zero-order valence-electron chi connectivity index (χ0n) is 15.4. The summed E-state index contributed by atoms with van der Waals surface area (Å²) in [4.78, 5) is 23.6. The van der Waals surface area contributed by atoms with E-state index < -0.39 is 0 Å². The molecule has 6 nitrogen and oxygen atoms in total. The third kappa shape index (κ3) is 4.63. The van der Waals surface area contributed by atoms with Gasteiger partial charge in [0.2, 0.25) is 5.91 Å². The van der Waals surface area contributed by atoms with Crippen molar-refractivity contribution in [2.24, 2.45) is 0 Å². The Hall–Kier alpha value is -2.58. The van der Waals surface area contributed by atoms with Crippen molar-refractivity contribution in [3.05, 3.63) is 53.7 Å². The second-order valence-corrected chi connectivity index (χ2v) is 8.26. The predicted octanol–water partition coefficient (Wildman–Crippen LogP) is 5.05. The molecule has 28 heavy (non-hydrogen) atoms. The van der Waals surface area contributed by atoms with E-state index in [4.69, 9.17) is 4.74 Å². The van der Waals surface area contributed by atoms with E-state index >= 15 is 0 Å². The second kappa shape index (κ2) is 8.62. The topological polar surface area (TPSA) is 67.4 Å². The Labute approximate surface area is 172 Å². The quantitative estimate of drug-likeness (QED) is 0.548. The van der Waals surface area contributed by atoms with Crippen LogP contribution in [-0.2, 0) is 4.79 Å². The average molecular weight is 413 g/mol. The number of aryl methyl sites for hydroxylation is 1. The Morgan fingerprint density at radius 1 is 1.32 bits per heavy atom. The van der Waals surface area contributed by atoms with Crippen LogP contribution in [0.25, 0.3) is 0 Å². The molecule has 1 N–H and O–H groups in total. The highest BCUT2D eigenvalue weighted by Crippen LogP contribution is 2.34. The van der Waals surface area contributed by atoms with Gasteiger partial charge >= 0.3 is 0 Å². The van der Waals surface area contributed by atoms with E-state index in [1.165, 1.54) is 11.3 Å². The van der Waals surface area contributed by atoms with E-state index in [2.05, 4.69) is 15.3 Å². The van der Waals surface area contributed by atoms with Gasteiger partial charge in [-0.25, -0.2) is 9.97 Å². The molecule has 1 fully saturated rings. The highest BCUT2D eigenvalue weighted by Gasteiger charge is 2.20. The van der Waals surface area contributed by atoms with Gasteiger partial charge in [-0.15, -0.1) is 23.1 Å². The second-order valence-electron chi connectivity index (χ2n) is 6.39. The number of nitrogens with zero attached hydrogens (tertiary/aromatic N) is 3. The molecule has 3 heterocycles. The molecular weight excluding hydrogens is 392 g/mol. The molecule has 0 saturated carbocycles. The zero-order valence-corrected chi connectivity index (χ0v) is 17.1. The fourth-order valence-corrected chi connectivity index (χ4v) is 4.38. The van der Waals surface area contributed by atoms with Gasteiger partial charge < -0.3 is 15.0 Å². The first kappa shape index (κ1) is 18.8. The maximum Gasteiger partial charge on any atom is 0.223 e. The van der Waals surface area contributed by atoms with Gasteiger partial charge in [-0.1, -0.05) is 18.2 Å². The van der Waals surface area contributed by atoms with Crippen molar-refractivity contribution in [1.82, 2.24) is 14.9 Å². The first-order valence-electron chi connectivity index (χ1n) is 9.00. The third-order valence-corrected chi connectivity index (χ3v) is 6.07. The van der Waals surface area contributed by atoms with Crippen LogP contribution in [-0.4, -0.2) is 33.2 Å². The minimum Gasteiger partial charge on any atom is -0.453 e. The number of hydrogen-bond donors (Lipinski definition) is 1. The number of carbonyl (C=O) groups excluding carboxylic acids is 1. The molecule has 0 bridgehead atoms. The van der Waals surface area contributed by atoms with E-state index in [1.807, 2.05) is 53.6 Å². The number of thioether (sulfide) groups is 1. The third-order valence-electron chi connectivity index (χ3n) is 4.20. The van der Waals surface area contributed by atoms with Crippen molar-refractivity contribution in [3.63, 3.8) is 0 Å². The molecule has 1 saturated heterocycles. The normalized spacial score (nSPS) is 13.8. The van der Waals surface area contributed by atoms with Crippen molar-refractivity contribution in [3.8, 4) is 11.5 Å². The summed E-state index contributed by atoms with van der Waals surface area (Å²) in [6.07, 6.45) is 3.39. The lowest BCUT2D eigenvalue weighted by Gasteiger charge is -2.16. The number of hydrogen-bond acceptors (Lipinski definition) is 7. The highest BCUT2D eigenvalue weighted by molar-refractivity contribution is 7.99. The van der Waals surface area contributed by atoms with Crippen LogP contribution in [0.5, 0.6) is 11.5 Å². The van der Waals surface area contributed by atoms with Gasteiger partial charge in [0.25, 0.3) is 0 Å². The van der Waals surface area contributed by atoms with E-state index in [1.54, 1.807) is 18.0 Å². The molecule has 0 radical (unpaired) electrons. The van der Waals surface area contributed by atoms with E-state index in [-0.39, 0.29) is 5.91 Å². The van der Waals surface area contributed by atoms with Crippen molar-refractivity contribution in [1.29, 1.82) is 0 Å². The number of carbonyl (C=O) groups is 1. The van der Waals surface area contributed by atoms with E-state index in [0.29, 0.717) is 23.9 Å². The summed E-state index contributed by atoms with van der Waals surface area (Å²) in [7, 11) is 0. The molecule has 0 spiro atoms. The monoisotopic (exact) mass is 412 g/mol. The maximum atomic E-state index is 11.8. The summed E-state index contributed by atoms with van der Waals surface area (Å²) >= 11 is 3.11. The molecule has 4 rings (SSSR count). The maximum absolute atomic E-state index is 11.8. The summed E-state index contributed by atoms with van der Waals surface area (Å²) in [6.45, 7) is 2.78. The van der Waals surface area contributed by atoms with Crippen LogP contribution < -0.4 is 10.1 Å². The lowest BCUT2D eigenvalue weighted by Crippen LogP contribution is -2.23. The largest absolute Gasteiger partial charge is 0.453 e. The smallest absolute Gasteiger partial charge is 0.223 e. The molecule has 2 aromatic heterocycles. The van der Waals surface area contributed by atoms with Gasteiger partial charge in [-0.05, 0) is 31.5 Å². The van der Waals surface area contributed by atoms with Crippen molar-refractivity contribution < 1.29 is 9.53 Å². The number of aromatic nitrogens is 2. The van der Waals surface area contributed by atoms with Gasteiger partial charge in [0.05, 0.1) is 11.6 Å².